The molecular weight excluding hydrogens is 230 g/mol. The lowest BCUT2D eigenvalue weighted by atomic mass is 10.0. The fourth-order valence-corrected chi connectivity index (χ4v) is 2.11. The Bertz CT molecular complexity index is 548. The fourth-order valence-electron chi connectivity index (χ4n) is 2.11. The number of benzene rings is 1. The Balaban J connectivity index is 1.64. The van der Waals surface area contributed by atoms with Crippen molar-refractivity contribution in [2.75, 3.05) is 13.2 Å². The smallest absolute Gasteiger partial charge is 0.286 e. The van der Waals surface area contributed by atoms with Gasteiger partial charge >= 0.3 is 0 Å². The zero-order valence-corrected chi connectivity index (χ0v) is 9.76. The maximum atomic E-state index is 11.7. The van der Waals surface area contributed by atoms with Crippen molar-refractivity contribution in [2.45, 2.75) is 5.92 Å². The Morgan fingerprint density at radius 1 is 1.28 bits per heavy atom. The zero-order valence-electron chi connectivity index (χ0n) is 9.76. The van der Waals surface area contributed by atoms with E-state index in [0.717, 1.165) is 11.3 Å². The summed E-state index contributed by atoms with van der Waals surface area (Å²) in [6.07, 6.45) is 1.49. The summed E-state index contributed by atoms with van der Waals surface area (Å²) < 4.78 is 10.6. The van der Waals surface area contributed by atoms with Gasteiger partial charge in [-0.1, -0.05) is 18.2 Å². The molecule has 1 amide bonds. The Labute approximate surface area is 105 Å². The van der Waals surface area contributed by atoms with Gasteiger partial charge in [0.25, 0.3) is 5.91 Å². The minimum absolute atomic E-state index is 0.190. The molecule has 0 saturated carbocycles. The molecule has 2 heterocycles. The van der Waals surface area contributed by atoms with Gasteiger partial charge in [-0.15, -0.1) is 0 Å². The quantitative estimate of drug-likeness (QED) is 0.899. The number of furan rings is 1. The maximum Gasteiger partial charge on any atom is 0.286 e. The molecule has 1 N–H and O–H groups in total. The summed E-state index contributed by atoms with van der Waals surface area (Å²) >= 11 is 0. The van der Waals surface area contributed by atoms with Crippen LogP contribution < -0.4 is 10.1 Å². The van der Waals surface area contributed by atoms with Crippen LogP contribution in [0.4, 0.5) is 0 Å². The molecule has 1 aliphatic heterocycles. The van der Waals surface area contributed by atoms with Crippen molar-refractivity contribution in [1.29, 1.82) is 0 Å². The standard InChI is InChI=1S/C14H13NO3/c16-14(13-6-3-7-17-13)15-8-10-9-18-12-5-2-1-4-11(10)12/h1-7,10H,8-9H2,(H,15,16)/t10-/m0/s1. The molecule has 4 heteroatoms. The van der Waals surface area contributed by atoms with Crippen LogP contribution in [0.3, 0.4) is 0 Å². The van der Waals surface area contributed by atoms with Crippen LogP contribution in [-0.2, 0) is 0 Å². The first kappa shape index (κ1) is 10.9. The van der Waals surface area contributed by atoms with E-state index in [-0.39, 0.29) is 11.8 Å². The molecular formula is C14H13NO3. The van der Waals surface area contributed by atoms with E-state index < -0.39 is 0 Å². The Kier molecular flexibility index (Phi) is 2.76. The summed E-state index contributed by atoms with van der Waals surface area (Å²) in [4.78, 5) is 11.7. The summed E-state index contributed by atoms with van der Waals surface area (Å²) in [5.41, 5.74) is 1.15. The fraction of sp³-hybridized carbons (Fsp3) is 0.214. The third kappa shape index (κ3) is 1.97. The van der Waals surface area contributed by atoms with E-state index in [0.29, 0.717) is 18.9 Å². The molecule has 3 rings (SSSR count). The van der Waals surface area contributed by atoms with Crippen molar-refractivity contribution in [3.05, 3.63) is 54.0 Å². The van der Waals surface area contributed by atoms with Gasteiger partial charge < -0.3 is 14.5 Å². The first-order valence-corrected chi connectivity index (χ1v) is 5.88. The summed E-state index contributed by atoms with van der Waals surface area (Å²) in [6.45, 7) is 1.16. The van der Waals surface area contributed by atoms with Crippen molar-refractivity contribution in [3.63, 3.8) is 0 Å². The van der Waals surface area contributed by atoms with E-state index in [2.05, 4.69) is 5.32 Å². The summed E-state index contributed by atoms with van der Waals surface area (Å²) in [5.74, 6) is 1.27. The minimum Gasteiger partial charge on any atom is -0.493 e. The van der Waals surface area contributed by atoms with Crippen molar-refractivity contribution < 1.29 is 13.9 Å². The molecule has 1 aromatic heterocycles. The van der Waals surface area contributed by atoms with Crippen molar-refractivity contribution in [3.8, 4) is 5.75 Å². The van der Waals surface area contributed by atoms with Gasteiger partial charge in [0.05, 0.1) is 12.9 Å². The maximum absolute atomic E-state index is 11.7. The highest BCUT2D eigenvalue weighted by atomic mass is 16.5. The molecule has 1 aromatic carbocycles. The summed E-state index contributed by atoms with van der Waals surface area (Å²) in [7, 11) is 0. The van der Waals surface area contributed by atoms with Crippen LogP contribution in [0, 0.1) is 0 Å². The van der Waals surface area contributed by atoms with Gasteiger partial charge in [-0.05, 0) is 18.2 Å². The third-order valence-corrected chi connectivity index (χ3v) is 3.05. The first-order valence-electron chi connectivity index (χ1n) is 5.88. The van der Waals surface area contributed by atoms with Gasteiger partial charge in [-0.2, -0.15) is 0 Å². The van der Waals surface area contributed by atoms with Crippen LogP contribution in [0.1, 0.15) is 22.0 Å². The van der Waals surface area contributed by atoms with E-state index in [9.17, 15) is 4.79 Å². The van der Waals surface area contributed by atoms with E-state index in [1.807, 2.05) is 24.3 Å². The average molecular weight is 243 g/mol. The van der Waals surface area contributed by atoms with Crippen LogP contribution >= 0.6 is 0 Å². The number of para-hydroxylation sites is 1. The molecule has 0 saturated heterocycles. The number of nitrogens with one attached hydrogen (secondary N) is 1. The summed E-state index contributed by atoms with van der Waals surface area (Å²) in [6, 6.07) is 11.3. The van der Waals surface area contributed by atoms with Crippen LogP contribution in [0.2, 0.25) is 0 Å². The second kappa shape index (κ2) is 4.56. The van der Waals surface area contributed by atoms with Gasteiger partial charge in [-0.25, -0.2) is 0 Å². The topological polar surface area (TPSA) is 51.5 Å². The predicted molar refractivity (Wildman–Crippen MR) is 65.7 cm³/mol. The number of carbonyl (C=O) groups excluding carboxylic acids is 1. The van der Waals surface area contributed by atoms with Crippen molar-refractivity contribution in [1.82, 2.24) is 5.32 Å². The van der Waals surface area contributed by atoms with Gasteiger partial charge in [0.2, 0.25) is 0 Å². The molecule has 18 heavy (non-hydrogen) atoms. The van der Waals surface area contributed by atoms with Crippen LogP contribution in [0.25, 0.3) is 0 Å². The van der Waals surface area contributed by atoms with Gasteiger partial charge in [0.15, 0.2) is 5.76 Å². The molecule has 0 radical (unpaired) electrons. The number of ether oxygens (including phenoxy) is 1. The lowest BCUT2D eigenvalue weighted by Crippen LogP contribution is -2.28. The minimum atomic E-state index is -0.190. The van der Waals surface area contributed by atoms with E-state index in [4.69, 9.17) is 9.15 Å². The SMILES string of the molecule is O=C(NC[C@H]1COc2ccccc21)c1ccco1. The number of amides is 1. The molecule has 0 bridgehead atoms. The molecule has 92 valence electrons. The number of hydrogen-bond acceptors (Lipinski definition) is 3. The summed E-state index contributed by atoms with van der Waals surface area (Å²) in [5, 5.41) is 2.86. The Morgan fingerprint density at radius 2 is 2.17 bits per heavy atom. The van der Waals surface area contributed by atoms with Crippen molar-refractivity contribution in [2.24, 2.45) is 0 Å². The van der Waals surface area contributed by atoms with Gasteiger partial charge in [-0.3, -0.25) is 4.79 Å². The monoisotopic (exact) mass is 243 g/mol. The molecule has 1 aliphatic rings. The third-order valence-electron chi connectivity index (χ3n) is 3.05. The number of carbonyl (C=O) groups is 1. The zero-order chi connectivity index (χ0) is 12.4. The molecule has 1 atom stereocenters. The molecule has 0 fully saturated rings. The predicted octanol–water partition coefficient (Wildman–Crippen LogP) is 2.19. The van der Waals surface area contributed by atoms with Crippen LogP contribution in [0.15, 0.2) is 47.1 Å². The largest absolute Gasteiger partial charge is 0.493 e. The first-order chi connectivity index (χ1) is 8.84. The highest BCUT2D eigenvalue weighted by Crippen LogP contribution is 2.32. The Hall–Kier alpha value is -2.23. The average Bonchev–Trinajstić information content (AvgIpc) is 3.06. The number of rotatable bonds is 3. The van der Waals surface area contributed by atoms with Crippen LogP contribution in [0.5, 0.6) is 5.75 Å². The van der Waals surface area contributed by atoms with Gasteiger partial charge in [0.1, 0.15) is 5.75 Å². The highest BCUT2D eigenvalue weighted by Gasteiger charge is 2.24. The highest BCUT2D eigenvalue weighted by molar-refractivity contribution is 5.91. The van der Waals surface area contributed by atoms with Crippen molar-refractivity contribution >= 4 is 5.91 Å². The lowest BCUT2D eigenvalue weighted by Gasteiger charge is -2.09. The van der Waals surface area contributed by atoms with Gasteiger partial charge in [0, 0.05) is 18.0 Å². The van der Waals surface area contributed by atoms with E-state index in [1.165, 1.54) is 6.26 Å². The molecule has 0 aliphatic carbocycles. The second-order valence-electron chi connectivity index (χ2n) is 4.23. The second-order valence-corrected chi connectivity index (χ2v) is 4.23. The molecule has 2 aromatic rings. The molecule has 0 unspecified atom stereocenters. The van der Waals surface area contributed by atoms with Crippen LogP contribution in [-0.4, -0.2) is 19.1 Å². The van der Waals surface area contributed by atoms with E-state index in [1.54, 1.807) is 12.1 Å². The molecule has 4 nitrogen and oxygen atoms in total. The normalized spacial score (nSPS) is 17.0. The molecule has 0 spiro atoms. The number of fused-ring (bicyclic) bond motifs is 1. The van der Waals surface area contributed by atoms with E-state index >= 15 is 0 Å². The number of hydrogen-bond donors (Lipinski definition) is 1. The Morgan fingerprint density at radius 3 is 3.00 bits per heavy atom. The lowest BCUT2D eigenvalue weighted by molar-refractivity contribution is 0.0922.